The molecule has 1 aliphatic rings. The third-order valence-corrected chi connectivity index (χ3v) is 8.71. The minimum atomic E-state index is -1.01. The number of hydrogen-bond acceptors (Lipinski definition) is 6. The minimum absolute atomic E-state index is 0.00823. The van der Waals surface area contributed by atoms with Crippen LogP contribution in [-0.2, 0) is 25.5 Å². The van der Waals surface area contributed by atoms with E-state index in [1.165, 1.54) is 80.5 Å². The van der Waals surface area contributed by atoms with Crippen molar-refractivity contribution in [1.82, 2.24) is 0 Å². The van der Waals surface area contributed by atoms with E-state index in [0.29, 0.717) is 11.7 Å². The van der Waals surface area contributed by atoms with Crippen molar-refractivity contribution in [3.63, 3.8) is 0 Å². The van der Waals surface area contributed by atoms with Gasteiger partial charge >= 0.3 is 11.9 Å². The molecule has 6 nitrogen and oxygen atoms in total. The molecule has 44 heavy (non-hydrogen) atoms. The molecule has 2 unspecified atom stereocenters. The van der Waals surface area contributed by atoms with Gasteiger partial charge in [-0.3, -0.25) is 0 Å². The lowest BCUT2D eigenvalue weighted by atomic mass is 9.77. The number of aliphatic hydroxyl groups is 1. The van der Waals surface area contributed by atoms with Crippen LogP contribution < -0.4 is 4.74 Å². The Morgan fingerprint density at radius 3 is 2.16 bits per heavy atom. The van der Waals surface area contributed by atoms with Crippen molar-refractivity contribution in [3.8, 4) is 16.9 Å². The van der Waals surface area contributed by atoms with Gasteiger partial charge in [0.2, 0.25) is 0 Å². The maximum atomic E-state index is 12.2. The summed E-state index contributed by atoms with van der Waals surface area (Å²) in [4.78, 5) is 24.2. The molecule has 0 aliphatic heterocycles. The van der Waals surface area contributed by atoms with E-state index >= 15 is 0 Å². The summed E-state index contributed by atoms with van der Waals surface area (Å²) < 4.78 is 16.7. The Labute approximate surface area is 264 Å². The van der Waals surface area contributed by atoms with Crippen LogP contribution in [0.3, 0.4) is 0 Å². The third-order valence-electron chi connectivity index (χ3n) is 8.71. The number of carbonyl (C=O) groups is 2. The Balaban J connectivity index is 1.62. The summed E-state index contributed by atoms with van der Waals surface area (Å²) in [6.45, 7) is 14.7. The monoisotopic (exact) mass is 604 g/mol. The van der Waals surface area contributed by atoms with E-state index in [9.17, 15) is 14.7 Å². The molecule has 1 fully saturated rings. The van der Waals surface area contributed by atoms with E-state index in [1.54, 1.807) is 6.92 Å². The van der Waals surface area contributed by atoms with Crippen molar-refractivity contribution in [3.05, 3.63) is 77.9 Å². The van der Waals surface area contributed by atoms with Crippen LogP contribution in [0.2, 0.25) is 0 Å². The lowest BCUT2D eigenvalue weighted by Crippen LogP contribution is -2.27. The van der Waals surface area contributed by atoms with Gasteiger partial charge in [-0.25, -0.2) is 9.59 Å². The van der Waals surface area contributed by atoms with E-state index in [-0.39, 0.29) is 31.0 Å². The Hall–Kier alpha value is -3.38. The summed E-state index contributed by atoms with van der Waals surface area (Å²) in [6, 6.07) is 15.2. The first-order chi connectivity index (χ1) is 21.1. The van der Waals surface area contributed by atoms with Gasteiger partial charge in [-0.1, -0.05) is 83.0 Å². The van der Waals surface area contributed by atoms with Gasteiger partial charge in [-0.15, -0.1) is 0 Å². The third kappa shape index (κ3) is 10.7. The molecule has 1 aliphatic carbocycles. The topological polar surface area (TPSA) is 82.1 Å². The average molecular weight is 605 g/mol. The molecular weight excluding hydrogens is 552 g/mol. The van der Waals surface area contributed by atoms with Gasteiger partial charge in [-0.05, 0) is 92.2 Å². The number of aryl methyl sites for hydroxylation is 1. The molecule has 0 heterocycles. The van der Waals surface area contributed by atoms with E-state index in [1.807, 2.05) is 12.1 Å². The van der Waals surface area contributed by atoms with Crippen LogP contribution in [-0.4, -0.2) is 43.0 Å². The van der Waals surface area contributed by atoms with E-state index in [0.717, 1.165) is 12.3 Å². The van der Waals surface area contributed by atoms with Crippen LogP contribution in [0.25, 0.3) is 11.1 Å². The first kappa shape index (κ1) is 35.1. The van der Waals surface area contributed by atoms with Crippen LogP contribution >= 0.6 is 0 Å². The van der Waals surface area contributed by atoms with Gasteiger partial charge in [0.15, 0.2) is 0 Å². The summed E-state index contributed by atoms with van der Waals surface area (Å²) in [6.07, 6.45) is 10.6. The van der Waals surface area contributed by atoms with Crippen LogP contribution in [0.4, 0.5) is 0 Å². The molecule has 0 amide bonds. The molecule has 0 radical (unpaired) electrons. The van der Waals surface area contributed by atoms with Crippen LogP contribution in [0.15, 0.2) is 66.8 Å². The van der Waals surface area contributed by atoms with Crippen molar-refractivity contribution < 1.29 is 28.9 Å². The Bertz CT molecular complexity index is 1240. The van der Waals surface area contributed by atoms with E-state index < -0.39 is 24.0 Å². The molecule has 0 spiro atoms. The zero-order valence-electron chi connectivity index (χ0n) is 27.2. The van der Waals surface area contributed by atoms with Gasteiger partial charge < -0.3 is 19.3 Å². The van der Waals surface area contributed by atoms with Crippen LogP contribution in [0.5, 0.6) is 5.75 Å². The molecule has 0 bridgehead atoms. The van der Waals surface area contributed by atoms with Gasteiger partial charge in [0.25, 0.3) is 0 Å². The molecule has 240 valence electrons. The predicted molar refractivity (Wildman–Crippen MR) is 177 cm³/mol. The quantitative estimate of drug-likeness (QED) is 0.111. The second-order valence-electron chi connectivity index (χ2n) is 12.4. The average Bonchev–Trinajstić information content (AvgIpc) is 3.04. The molecule has 2 atom stereocenters. The zero-order chi connectivity index (χ0) is 32.1. The molecule has 1 saturated carbocycles. The number of rotatable bonds is 17. The highest BCUT2D eigenvalue weighted by Crippen LogP contribution is 2.38. The summed E-state index contributed by atoms with van der Waals surface area (Å²) in [5.41, 5.74) is 5.25. The lowest BCUT2D eigenvalue weighted by Gasteiger charge is -2.29. The molecule has 1 N–H and O–H groups in total. The molecular formula is C38H52O6. The smallest absolute Gasteiger partial charge is 0.336 e. The summed E-state index contributed by atoms with van der Waals surface area (Å²) >= 11 is 0. The predicted octanol–water partition coefficient (Wildman–Crippen LogP) is 8.36. The second-order valence-corrected chi connectivity index (χ2v) is 12.4. The maximum absolute atomic E-state index is 12.2. The minimum Gasteiger partial charge on any atom is -0.493 e. The Morgan fingerprint density at radius 2 is 1.57 bits per heavy atom. The lowest BCUT2D eigenvalue weighted by molar-refractivity contribution is -0.145. The highest BCUT2D eigenvalue weighted by molar-refractivity contribution is 5.88. The highest BCUT2D eigenvalue weighted by atomic mass is 16.6. The van der Waals surface area contributed by atoms with Crippen molar-refractivity contribution >= 4 is 11.9 Å². The number of esters is 2. The molecule has 0 aromatic heterocycles. The highest BCUT2D eigenvalue weighted by Gasteiger charge is 2.23. The second kappa shape index (κ2) is 17.8. The first-order valence-electron chi connectivity index (χ1n) is 16.3. The van der Waals surface area contributed by atoms with Crippen LogP contribution in [0.1, 0.15) is 96.1 Å². The maximum Gasteiger partial charge on any atom is 0.336 e. The fourth-order valence-electron chi connectivity index (χ4n) is 5.77. The number of carbonyl (C=O) groups excluding carboxylic acids is 2. The fourth-order valence-corrected chi connectivity index (χ4v) is 5.77. The number of benzene rings is 2. The van der Waals surface area contributed by atoms with E-state index in [2.05, 4.69) is 57.3 Å². The standard InChI is InChI=1S/C38H52O6/c1-7-9-10-11-29-12-14-32(15-13-29)33-16-18-34(19-17-33)36-21-20-35(22-31(36)8-2)42-23-30(24-43-37(40)26(3)4)25-44-38(41)27(5)28(6)39/h16-22,28-30,32,39H,3,5,7-15,23-25H2,1-2,4,6H3. The SMILES string of the molecule is C=C(C)C(=O)OCC(COC(=O)C(=C)C(C)O)COc1ccc(-c2ccc(C3CCC(CCCCC)CC3)cc2)c(CC)c1. The number of aliphatic hydroxyl groups excluding tert-OH is 1. The van der Waals surface area contributed by atoms with Gasteiger partial charge in [0.1, 0.15) is 19.0 Å². The number of ether oxygens (including phenoxy) is 3. The fraction of sp³-hybridized carbons (Fsp3) is 0.526. The van der Waals surface area contributed by atoms with Gasteiger partial charge in [-0.2, -0.15) is 0 Å². The molecule has 0 saturated heterocycles. The van der Waals surface area contributed by atoms with Gasteiger partial charge in [0, 0.05) is 5.57 Å². The largest absolute Gasteiger partial charge is 0.493 e. The molecule has 2 aromatic rings. The van der Waals surface area contributed by atoms with Crippen LogP contribution in [0, 0.1) is 11.8 Å². The first-order valence-corrected chi connectivity index (χ1v) is 16.3. The molecule has 2 aromatic carbocycles. The molecule has 6 heteroatoms. The van der Waals surface area contributed by atoms with Crippen molar-refractivity contribution in [2.24, 2.45) is 11.8 Å². The normalized spacial score (nSPS) is 17.8. The zero-order valence-corrected chi connectivity index (χ0v) is 27.2. The van der Waals surface area contributed by atoms with Crippen molar-refractivity contribution in [2.45, 2.75) is 97.5 Å². The van der Waals surface area contributed by atoms with Crippen molar-refractivity contribution in [1.29, 1.82) is 0 Å². The summed E-state index contributed by atoms with van der Waals surface area (Å²) in [7, 11) is 0. The number of hydrogen-bond donors (Lipinski definition) is 1. The Kier molecular flexibility index (Phi) is 14.2. The number of unbranched alkanes of at least 4 members (excludes halogenated alkanes) is 2. The van der Waals surface area contributed by atoms with Gasteiger partial charge in [0.05, 0.1) is 24.2 Å². The summed E-state index contributed by atoms with van der Waals surface area (Å²) in [5, 5.41) is 9.61. The van der Waals surface area contributed by atoms with E-state index in [4.69, 9.17) is 14.2 Å². The summed E-state index contributed by atoms with van der Waals surface area (Å²) in [5.74, 6) is 0.626. The van der Waals surface area contributed by atoms with Crippen molar-refractivity contribution in [2.75, 3.05) is 19.8 Å². The Morgan fingerprint density at radius 1 is 0.909 bits per heavy atom. The molecule has 3 rings (SSSR count).